The maximum Gasteiger partial charge on any atom is 0.217 e. The summed E-state index contributed by atoms with van der Waals surface area (Å²) in [5.41, 5.74) is 0. The largest absolute Gasteiger partial charge is 0.384 e. The summed E-state index contributed by atoms with van der Waals surface area (Å²) < 4.78 is 4.99. The molecule has 0 spiro atoms. The van der Waals surface area contributed by atoms with Crippen molar-refractivity contribution in [2.24, 2.45) is 5.92 Å². The third kappa shape index (κ3) is 2.50. The number of amides is 1. The molecule has 1 saturated carbocycles. The highest BCUT2D eigenvalue weighted by atomic mass is 16.5. The van der Waals surface area contributed by atoms with E-state index in [2.05, 4.69) is 5.32 Å². The van der Waals surface area contributed by atoms with Crippen molar-refractivity contribution in [1.82, 2.24) is 5.32 Å². The molecule has 64 valence electrons. The van der Waals surface area contributed by atoms with Crippen molar-refractivity contribution in [2.75, 3.05) is 13.7 Å². The van der Waals surface area contributed by atoms with E-state index >= 15 is 0 Å². The molecule has 0 heterocycles. The van der Waals surface area contributed by atoms with E-state index in [0.717, 1.165) is 19.4 Å². The molecule has 0 aliphatic heterocycles. The van der Waals surface area contributed by atoms with Crippen LogP contribution < -0.4 is 5.32 Å². The standard InChI is InChI=1S/C8H15NO2/c1-6(10)9-8-3-7(4-8)5-11-2/h7-8H,3-5H2,1-2H3,(H,9,10). The summed E-state index contributed by atoms with van der Waals surface area (Å²) in [7, 11) is 1.71. The Balaban J connectivity index is 2.04. The van der Waals surface area contributed by atoms with Crippen LogP contribution in [-0.2, 0) is 9.53 Å². The molecular weight excluding hydrogens is 142 g/mol. The molecule has 3 nitrogen and oxygen atoms in total. The molecule has 1 fully saturated rings. The maximum atomic E-state index is 10.6. The summed E-state index contributed by atoms with van der Waals surface area (Å²) in [6, 6.07) is 0.410. The van der Waals surface area contributed by atoms with Crippen LogP contribution in [0.5, 0.6) is 0 Å². The van der Waals surface area contributed by atoms with Gasteiger partial charge in [-0.05, 0) is 18.8 Å². The van der Waals surface area contributed by atoms with Gasteiger partial charge in [0.05, 0.1) is 0 Å². The van der Waals surface area contributed by atoms with E-state index in [1.54, 1.807) is 14.0 Å². The Morgan fingerprint density at radius 3 is 2.73 bits per heavy atom. The Bertz CT molecular complexity index is 141. The number of ether oxygens (including phenoxy) is 1. The molecule has 3 heteroatoms. The van der Waals surface area contributed by atoms with Crippen molar-refractivity contribution in [2.45, 2.75) is 25.8 Å². The molecule has 0 bridgehead atoms. The highest BCUT2D eigenvalue weighted by Gasteiger charge is 2.28. The van der Waals surface area contributed by atoms with E-state index in [1.807, 2.05) is 0 Å². The summed E-state index contributed by atoms with van der Waals surface area (Å²) in [5.74, 6) is 0.739. The second-order valence-corrected chi connectivity index (χ2v) is 3.19. The first kappa shape index (κ1) is 8.53. The van der Waals surface area contributed by atoms with Crippen molar-refractivity contribution >= 4 is 5.91 Å². The minimum absolute atomic E-state index is 0.0749. The second-order valence-electron chi connectivity index (χ2n) is 3.19. The van der Waals surface area contributed by atoms with Gasteiger partial charge < -0.3 is 10.1 Å². The SMILES string of the molecule is COCC1CC(NC(C)=O)C1. The van der Waals surface area contributed by atoms with Gasteiger partial charge in [0.15, 0.2) is 0 Å². The van der Waals surface area contributed by atoms with Gasteiger partial charge in [0.1, 0.15) is 0 Å². The van der Waals surface area contributed by atoms with E-state index < -0.39 is 0 Å². The first-order chi connectivity index (χ1) is 5.22. The number of nitrogens with one attached hydrogen (secondary N) is 1. The second kappa shape index (κ2) is 3.72. The smallest absolute Gasteiger partial charge is 0.217 e. The monoisotopic (exact) mass is 157 g/mol. The predicted molar refractivity (Wildman–Crippen MR) is 42.2 cm³/mol. The fraction of sp³-hybridized carbons (Fsp3) is 0.875. The first-order valence-electron chi connectivity index (χ1n) is 3.98. The van der Waals surface area contributed by atoms with E-state index in [9.17, 15) is 4.79 Å². The van der Waals surface area contributed by atoms with Crippen LogP contribution in [0.2, 0.25) is 0 Å². The lowest BCUT2D eigenvalue weighted by atomic mass is 9.81. The van der Waals surface area contributed by atoms with E-state index in [0.29, 0.717) is 12.0 Å². The number of rotatable bonds is 3. The van der Waals surface area contributed by atoms with Crippen LogP contribution in [0.1, 0.15) is 19.8 Å². The highest BCUT2D eigenvalue weighted by molar-refractivity contribution is 5.73. The molecule has 1 rings (SSSR count). The lowest BCUT2D eigenvalue weighted by Gasteiger charge is -2.34. The van der Waals surface area contributed by atoms with Crippen LogP contribution >= 0.6 is 0 Å². The topological polar surface area (TPSA) is 38.3 Å². The van der Waals surface area contributed by atoms with Gasteiger partial charge in [-0.3, -0.25) is 4.79 Å². The van der Waals surface area contributed by atoms with E-state index in [1.165, 1.54) is 0 Å². The molecule has 1 aliphatic carbocycles. The zero-order chi connectivity index (χ0) is 8.27. The molecule has 0 unspecified atom stereocenters. The fourth-order valence-electron chi connectivity index (χ4n) is 1.51. The fourth-order valence-corrected chi connectivity index (χ4v) is 1.51. The number of hydrogen-bond donors (Lipinski definition) is 1. The van der Waals surface area contributed by atoms with Gasteiger partial charge in [-0.25, -0.2) is 0 Å². The summed E-state index contributed by atoms with van der Waals surface area (Å²) in [5, 5.41) is 2.87. The molecule has 11 heavy (non-hydrogen) atoms. The molecule has 0 atom stereocenters. The summed E-state index contributed by atoms with van der Waals surface area (Å²) >= 11 is 0. The molecule has 0 saturated heterocycles. The van der Waals surface area contributed by atoms with Crippen LogP contribution in [0.25, 0.3) is 0 Å². The maximum absolute atomic E-state index is 10.6. The van der Waals surface area contributed by atoms with Crippen LogP contribution in [0.3, 0.4) is 0 Å². The molecule has 0 aromatic carbocycles. The lowest BCUT2D eigenvalue weighted by molar-refractivity contribution is -0.120. The quantitative estimate of drug-likeness (QED) is 0.649. The molecule has 1 amide bonds. The van der Waals surface area contributed by atoms with Gasteiger partial charge >= 0.3 is 0 Å². The zero-order valence-corrected chi connectivity index (χ0v) is 7.09. The predicted octanol–water partition coefficient (Wildman–Crippen LogP) is 0.547. The van der Waals surface area contributed by atoms with Crippen molar-refractivity contribution in [3.8, 4) is 0 Å². The average Bonchev–Trinajstić information content (AvgIpc) is 1.82. The number of hydrogen-bond acceptors (Lipinski definition) is 2. The summed E-state index contributed by atoms with van der Waals surface area (Å²) in [6.45, 7) is 2.39. The van der Waals surface area contributed by atoms with Gasteiger partial charge in [0.25, 0.3) is 0 Å². The van der Waals surface area contributed by atoms with Crippen LogP contribution in [-0.4, -0.2) is 25.7 Å². The summed E-state index contributed by atoms with van der Waals surface area (Å²) in [4.78, 5) is 10.6. The molecular formula is C8H15NO2. The van der Waals surface area contributed by atoms with Gasteiger partial charge in [-0.1, -0.05) is 0 Å². The minimum atomic E-state index is 0.0749. The normalized spacial score (nSPS) is 29.3. The van der Waals surface area contributed by atoms with Crippen molar-refractivity contribution in [3.05, 3.63) is 0 Å². The molecule has 1 N–H and O–H groups in total. The Morgan fingerprint density at radius 2 is 2.27 bits per heavy atom. The average molecular weight is 157 g/mol. The van der Waals surface area contributed by atoms with Crippen LogP contribution in [0.15, 0.2) is 0 Å². The third-order valence-electron chi connectivity index (χ3n) is 2.05. The first-order valence-corrected chi connectivity index (χ1v) is 3.98. The van der Waals surface area contributed by atoms with Gasteiger partial charge in [-0.15, -0.1) is 0 Å². The zero-order valence-electron chi connectivity index (χ0n) is 7.09. The Kier molecular flexibility index (Phi) is 2.88. The van der Waals surface area contributed by atoms with Gasteiger partial charge in [0.2, 0.25) is 5.91 Å². The third-order valence-corrected chi connectivity index (χ3v) is 2.05. The number of carbonyl (C=O) groups excluding carboxylic acids is 1. The van der Waals surface area contributed by atoms with Crippen molar-refractivity contribution < 1.29 is 9.53 Å². The van der Waals surface area contributed by atoms with Crippen LogP contribution in [0.4, 0.5) is 0 Å². The van der Waals surface area contributed by atoms with E-state index in [4.69, 9.17) is 4.74 Å². The number of carbonyl (C=O) groups is 1. The van der Waals surface area contributed by atoms with Crippen LogP contribution in [0, 0.1) is 5.92 Å². The molecule has 1 aliphatic rings. The Hall–Kier alpha value is -0.570. The Morgan fingerprint density at radius 1 is 1.64 bits per heavy atom. The molecule has 0 radical (unpaired) electrons. The minimum Gasteiger partial charge on any atom is -0.384 e. The lowest BCUT2D eigenvalue weighted by Crippen LogP contribution is -2.44. The van der Waals surface area contributed by atoms with Gasteiger partial charge in [-0.2, -0.15) is 0 Å². The van der Waals surface area contributed by atoms with Crippen molar-refractivity contribution in [3.63, 3.8) is 0 Å². The molecule has 0 aromatic heterocycles. The Labute approximate surface area is 67.1 Å². The van der Waals surface area contributed by atoms with E-state index in [-0.39, 0.29) is 5.91 Å². The molecule has 0 aromatic rings. The van der Waals surface area contributed by atoms with Gasteiger partial charge in [0, 0.05) is 26.7 Å². The summed E-state index contributed by atoms with van der Waals surface area (Å²) in [6.07, 6.45) is 2.15. The van der Waals surface area contributed by atoms with Crippen molar-refractivity contribution in [1.29, 1.82) is 0 Å². The number of methoxy groups -OCH3 is 1. The highest BCUT2D eigenvalue weighted by Crippen LogP contribution is 2.27.